The molecule has 0 aliphatic rings. The molecule has 1 aromatic carbocycles. The van der Waals surface area contributed by atoms with Crippen LogP contribution in [0.2, 0.25) is 0 Å². The van der Waals surface area contributed by atoms with Crippen molar-refractivity contribution in [2.45, 2.75) is 32.4 Å². The Kier molecular flexibility index (Phi) is 6.40. The maximum absolute atomic E-state index is 13.5. The number of hydrogen-bond donors (Lipinski definition) is 2. The molecular weight excluding hydrogens is 316 g/mol. The number of nitrogens with zero attached hydrogens (tertiary/aromatic N) is 2. The minimum absolute atomic E-state index is 0. The van der Waals surface area contributed by atoms with E-state index >= 15 is 0 Å². The van der Waals surface area contributed by atoms with E-state index in [2.05, 4.69) is 10.1 Å². The molecule has 22 heavy (non-hydrogen) atoms. The van der Waals surface area contributed by atoms with Gasteiger partial charge in [0.15, 0.2) is 0 Å². The van der Waals surface area contributed by atoms with E-state index < -0.39 is 23.8 Å². The van der Waals surface area contributed by atoms with Crippen molar-refractivity contribution in [1.29, 1.82) is 0 Å². The summed E-state index contributed by atoms with van der Waals surface area (Å²) in [6.45, 7) is 3.70. The fourth-order valence-electron chi connectivity index (χ4n) is 1.85. The number of rotatable bonds is 5. The third-order valence-corrected chi connectivity index (χ3v) is 3.27. The van der Waals surface area contributed by atoms with Crippen molar-refractivity contribution in [3.05, 3.63) is 47.1 Å². The zero-order chi connectivity index (χ0) is 15.6. The maximum Gasteiger partial charge on any atom is 0.231 e. The second kappa shape index (κ2) is 7.62. The minimum Gasteiger partial charge on any atom is -0.383 e. The molecule has 3 N–H and O–H groups in total. The molecule has 0 saturated heterocycles. The fourth-order valence-corrected chi connectivity index (χ4v) is 1.85. The molecule has 2 rings (SSSR count). The average Bonchev–Trinajstić information content (AvgIpc) is 2.90. The summed E-state index contributed by atoms with van der Waals surface area (Å²) in [6, 6.07) is 3.03. The zero-order valence-electron chi connectivity index (χ0n) is 12.2. The molecule has 0 radical (unpaired) electrons. The van der Waals surface area contributed by atoms with Crippen molar-refractivity contribution in [3.8, 4) is 0 Å². The zero-order valence-corrected chi connectivity index (χ0v) is 13.0. The van der Waals surface area contributed by atoms with Gasteiger partial charge in [0.2, 0.25) is 11.7 Å². The van der Waals surface area contributed by atoms with Crippen LogP contribution in [-0.2, 0) is 6.42 Å². The monoisotopic (exact) mass is 333 g/mol. The van der Waals surface area contributed by atoms with E-state index in [4.69, 9.17) is 10.3 Å². The van der Waals surface area contributed by atoms with Crippen molar-refractivity contribution in [2.24, 2.45) is 11.7 Å². The molecular formula is C14H18ClF2N3O2. The Hall–Kier alpha value is -1.57. The first-order valence-electron chi connectivity index (χ1n) is 6.59. The van der Waals surface area contributed by atoms with Crippen LogP contribution in [0.3, 0.4) is 0 Å². The van der Waals surface area contributed by atoms with Gasteiger partial charge in [0.1, 0.15) is 17.7 Å². The number of nitrogens with two attached hydrogens (primary N) is 1. The van der Waals surface area contributed by atoms with Gasteiger partial charge in [0.25, 0.3) is 0 Å². The van der Waals surface area contributed by atoms with Crippen LogP contribution >= 0.6 is 12.4 Å². The molecule has 5 nitrogen and oxygen atoms in total. The molecule has 0 amide bonds. The van der Waals surface area contributed by atoms with E-state index in [-0.39, 0.29) is 42.0 Å². The van der Waals surface area contributed by atoms with Crippen LogP contribution in [-0.4, -0.2) is 21.3 Å². The van der Waals surface area contributed by atoms with Gasteiger partial charge >= 0.3 is 0 Å². The summed E-state index contributed by atoms with van der Waals surface area (Å²) in [7, 11) is 0. The number of aliphatic hydroxyl groups excluding tert-OH is 1. The minimum atomic E-state index is -1.09. The Labute approximate surface area is 132 Å². The fraction of sp³-hybridized carbons (Fsp3) is 0.429. The quantitative estimate of drug-likeness (QED) is 0.877. The van der Waals surface area contributed by atoms with Crippen molar-refractivity contribution in [3.63, 3.8) is 0 Å². The number of benzene rings is 1. The maximum atomic E-state index is 13.5. The molecule has 1 aromatic heterocycles. The second-order valence-electron chi connectivity index (χ2n) is 5.19. The van der Waals surface area contributed by atoms with Crippen LogP contribution in [0.5, 0.6) is 0 Å². The molecule has 1 unspecified atom stereocenters. The van der Waals surface area contributed by atoms with Crippen molar-refractivity contribution < 1.29 is 18.4 Å². The Balaban J connectivity index is 0.00000242. The largest absolute Gasteiger partial charge is 0.383 e. The summed E-state index contributed by atoms with van der Waals surface area (Å²) in [4.78, 5) is 3.95. The highest BCUT2D eigenvalue weighted by Gasteiger charge is 2.25. The van der Waals surface area contributed by atoms with Crippen molar-refractivity contribution in [2.75, 3.05) is 0 Å². The highest BCUT2D eigenvalue weighted by molar-refractivity contribution is 5.85. The summed E-state index contributed by atoms with van der Waals surface area (Å²) >= 11 is 0. The van der Waals surface area contributed by atoms with Gasteiger partial charge in [-0.2, -0.15) is 4.98 Å². The van der Waals surface area contributed by atoms with E-state index in [0.717, 1.165) is 12.1 Å². The van der Waals surface area contributed by atoms with Crippen molar-refractivity contribution in [1.82, 2.24) is 10.1 Å². The Morgan fingerprint density at radius 3 is 2.41 bits per heavy atom. The normalized spacial score (nSPS) is 13.8. The molecule has 0 saturated carbocycles. The highest BCUT2D eigenvalue weighted by atomic mass is 35.5. The van der Waals surface area contributed by atoms with Crippen LogP contribution < -0.4 is 5.73 Å². The highest BCUT2D eigenvalue weighted by Crippen LogP contribution is 2.20. The van der Waals surface area contributed by atoms with E-state index in [1.807, 2.05) is 13.8 Å². The first kappa shape index (κ1) is 18.5. The average molecular weight is 334 g/mol. The number of hydrogen-bond acceptors (Lipinski definition) is 5. The third kappa shape index (κ3) is 4.00. The van der Waals surface area contributed by atoms with Gasteiger partial charge in [-0.25, -0.2) is 8.78 Å². The predicted molar refractivity (Wildman–Crippen MR) is 78.5 cm³/mol. The number of aliphatic hydroxyl groups is 1. The van der Waals surface area contributed by atoms with Crippen LogP contribution in [0.1, 0.15) is 37.2 Å². The predicted octanol–water partition coefficient (Wildman–Crippen LogP) is 2.38. The smallest absolute Gasteiger partial charge is 0.231 e. The van der Waals surface area contributed by atoms with Gasteiger partial charge in [0.05, 0.1) is 6.42 Å². The van der Waals surface area contributed by atoms with Crippen molar-refractivity contribution >= 4 is 12.4 Å². The second-order valence-corrected chi connectivity index (χ2v) is 5.19. The molecule has 2 atom stereocenters. The summed E-state index contributed by atoms with van der Waals surface area (Å²) in [5, 5.41) is 13.6. The van der Waals surface area contributed by atoms with Crippen LogP contribution in [0.15, 0.2) is 22.7 Å². The van der Waals surface area contributed by atoms with Crippen LogP contribution in [0.25, 0.3) is 0 Å². The molecule has 0 aliphatic heterocycles. The summed E-state index contributed by atoms with van der Waals surface area (Å²) in [5.41, 5.74) is 5.65. The van der Waals surface area contributed by atoms with E-state index in [9.17, 15) is 13.9 Å². The van der Waals surface area contributed by atoms with Gasteiger partial charge < -0.3 is 15.4 Å². The van der Waals surface area contributed by atoms with Gasteiger partial charge in [-0.1, -0.05) is 25.1 Å². The Bertz CT molecular complexity index is 602. The molecule has 0 bridgehead atoms. The van der Waals surface area contributed by atoms with Gasteiger partial charge in [0, 0.05) is 11.6 Å². The molecule has 0 spiro atoms. The number of aromatic nitrogens is 2. The van der Waals surface area contributed by atoms with Crippen LogP contribution in [0.4, 0.5) is 8.78 Å². The lowest BCUT2D eigenvalue weighted by Crippen LogP contribution is -2.34. The Morgan fingerprint density at radius 1 is 1.27 bits per heavy atom. The van der Waals surface area contributed by atoms with E-state index in [1.54, 1.807) is 0 Å². The standard InChI is InChI=1S/C14H17F2N3O2.ClH/c1-7(2)12(17)13(20)14-18-11(21-19-14)6-8-9(15)4-3-5-10(8)16;/h3-5,7,12-13,20H,6,17H2,1-2H3;1H/t12-,13?;/m0./s1. The SMILES string of the molecule is CC(C)[C@H](N)C(O)c1noc(Cc2c(F)cccc2F)n1.Cl. The molecule has 122 valence electrons. The molecule has 0 aliphatic carbocycles. The lowest BCUT2D eigenvalue weighted by Gasteiger charge is -2.18. The molecule has 2 aromatic rings. The summed E-state index contributed by atoms with van der Waals surface area (Å²) < 4.78 is 32.0. The molecule has 8 heteroatoms. The van der Waals surface area contributed by atoms with E-state index in [1.165, 1.54) is 6.07 Å². The summed E-state index contributed by atoms with van der Waals surface area (Å²) in [5.74, 6) is -1.32. The molecule has 0 fully saturated rings. The van der Waals surface area contributed by atoms with Gasteiger partial charge in [-0.05, 0) is 18.1 Å². The Morgan fingerprint density at radius 2 is 1.86 bits per heavy atom. The first-order chi connectivity index (χ1) is 9.90. The van der Waals surface area contributed by atoms with Crippen LogP contribution in [0, 0.1) is 17.6 Å². The third-order valence-electron chi connectivity index (χ3n) is 3.27. The van der Waals surface area contributed by atoms with Gasteiger partial charge in [-0.3, -0.25) is 0 Å². The summed E-state index contributed by atoms with van der Waals surface area (Å²) in [6.07, 6.45) is -1.28. The van der Waals surface area contributed by atoms with E-state index in [0.29, 0.717) is 0 Å². The number of halogens is 3. The van der Waals surface area contributed by atoms with Gasteiger partial charge in [-0.15, -0.1) is 12.4 Å². The topological polar surface area (TPSA) is 85.2 Å². The lowest BCUT2D eigenvalue weighted by molar-refractivity contribution is 0.114. The molecule has 1 heterocycles. The first-order valence-corrected chi connectivity index (χ1v) is 6.59. The lowest BCUT2D eigenvalue weighted by atomic mass is 9.99.